The van der Waals surface area contributed by atoms with Gasteiger partial charge in [0, 0.05) is 49.3 Å². The van der Waals surface area contributed by atoms with Crippen LogP contribution in [0.2, 0.25) is 0 Å². The van der Waals surface area contributed by atoms with Crippen LogP contribution in [0, 0.1) is 13.8 Å². The number of quaternary nitrogens is 1. The van der Waals surface area contributed by atoms with Crippen molar-refractivity contribution in [2.45, 2.75) is 59.4 Å². The highest BCUT2D eigenvalue weighted by atomic mass is 32.2. The van der Waals surface area contributed by atoms with Crippen molar-refractivity contribution in [1.29, 1.82) is 0 Å². The molecule has 0 saturated carbocycles. The average molecular weight is 678 g/mol. The number of amides is 1. The number of ether oxygens (including phenoxy) is 1. The maximum atomic E-state index is 14.0. The molecule has 1 amide bonds. The zero-order valence-corrected chi connectivity index (χ0v) is 29.4. The van der Waals surface area contributed by atoms with E-state index in [1.807, 2.05) is 66.9 Å². The van der Waals surface area contributed by atoms with Crippen LogP contribution >= 0.6 is 0 Å². The van der Waals surface area contributed by atoms with Crippen molar-refractivity contribution < 1.29 is 36.3 Å². The number of nitrogens with two attached hydrogens (primary N) is 1. The molecule has 1 unspecified atom stereocenters. The van der Waals surface area contributed by atoms with Crippen LogP contribution in [0.5, 0.6) is 5.75 Å². The molecule has 3 aromatic carbocycles. The molecule has 0 fully saturated rings. The van der Waals surface area contributed by atoms with E-state index in [2.05, 4.69) is 19.3 Å². The van der Waals surface area contributed by atoms with Gasteiger partial charge in [0.15, 0.2) is 6.54 Å². The minimum Gasteiger partial charge on any atom is -0.748 e. The lowest BCUT2D eigenvalue weighted by Gasteiger charge is -2.35. The van der Waals surface area contributed by atoms with Gasteiger partial charge in [-0.1, -0.05) is 37.6 Å². The molecule has 0 aliphatic heterocycles. The molecule has 0 bridgehead atoms. The summed E-state index contributed by atoms with van der Waals surface area (Å²) in [6.45, 7) is 10.5. The van der Waals surface area contributed by atoms with Crippen LogP contribution in [-0.4, -0.2) is 74.9 Å². The fourth-order valence-electron chi connectivity index (χ4n) is 6.48. The molecule has 0 spiro atoms. The van der Waals surface area contributed by atoms with Crippen LogP contribution in [0.3, 0.4) is 0 Å². The van der Waals surface area contributed by atoms with Gasteiger partial charge in [-0.05, 0) is 62.2 Å². The van der Waals surface area contributed by atoms with E-state index in [9.17, 15) is 22.6 Å². The zero-order valence-electron chi connectivity index (χ0n) is 28.6. The van der Waals surface area contributed by atoms with Crippen LogP contribution in [0.4, 0.5) is 0 Å². The van der Waals surface area contributed by atoms with Gasteiger partial charge in [0.1, 0.15) is 5.75 Å². The minimum absolute atomic E-state index is 0.138. The zero-order chi connectivity index (χ0) is 34.9. The number of carbonyl (C=O) groups is 2. The lowest BCUT2D eigenvalue weighted by molar-refractivity contribution is -0.910. The monoisotopic (exact) mass is 677 g/mol. The normalized spacial score (nSPS) is 13.0. The number of nitrogens with zero attached hydrogens (tertiary/aromatic N) is 2. The first kappa shape index (κ1) is 36.9. The van der Waals surface area contributed by atoms with Gasteiger partial charge in [-0.25, -0.2) is 13.2 Å². The van der Waals surface area contributed by atoms with Gasteiger partial charge in [-0.15, -0.1) is 0 Å². The second-order valence-corrected chi connectivity index (χ2v) is 14.4. The second-order valence-electron chi connectivity index (χ2n) is 12.9. The number of esters is 1. The van der Waals surface area contributed by atoms with Crippen LogP contribution < -0.4 is 20.4 Å². The molecule has 0 aliphatic rings. The Morgan fingerprint density at radius 1 is 0.896 bits per heavy atom. The molecule has 0 saturated heterocycles. The standard InChI is InChI=1S/C37H48N4O6S/c1-5-6-21-41(4,22-11-18-38)23-12-19-39-36(42)29-25-27(2)35(28(3)26-29)47-37(43)34-30-14-7-9-16-32(30)40(20-13-24-48(44,45)46)33-17-10-8-15-31(33)34/h7-10,14-17,25-26H,5-6,11-13,18-24,38H2,1-4H3/p+1. The van der Waals surface area contributed by atoms with Crippen molar-refractivity contribution in [3.05, 3.63) is 82.9 Å². The topological polar surface area (TPSA) is 142 Å². The Balaban J connectivity index is 1.53. The van der Waals surface area contributed by atoms with Crippen molar-refractivity contribution in [2.75, 3.05) is 45.5 Å². The summed E-state index contributed by atoms with van der Waals surface area (Å²) in [4.78, 5) is 27.1. The molecular weight excluding hydrogens is 628 g/mol. The van der Waals surface area contributed by atoms with Gasteiger partial charge in [-0.3, -0.25) is 4.79 Å². The van der Waals surface area contributed by atoms with Crippen LogP contribution in [0.25, 0.3) is 21.8 Å². The van der Waals surface area contributed by atoms with E-state index in [1.54, 1.807) is 12.1 Å². The molecule has 4 rings (SSSR count). The van der Waals surface area contributed by atoms with E-state index in [-0.39, 0.29) is 18.9 Å². The first-order chi connectivity index (χ1) is 22.9. The smallest absolute Gasteiger partial charge is 0.345 e. The van der Waals surface area contributed by atoms with Crippen LogP contribution in [0.1, 0.15) is 70.9 Å². The number of aryl methyl sites for hydroxylation is 3. The highest BCUT2D eigenvalue weighted by molar-refractivity contribution is 7.85. The van der Waals surface area contributed by atoms with Crippen LogP contribution in [0.15, 0.2) is 60.7 Å². The van der Waals surface area contributed by atoms with Gasteiger partial charge >= 0.3 is 5.97 Å². The number of para-hydroxylation sites is 2. The number of hydrogen-bond acceptors (Lipinski definition) is 7. The average Bonchev–Trinajstić information content (AvgIpc) is 3.05. The Hall–Kier alpha value is -3.90. The van der Waals surface area contributed by atoms with Crippen molar-refractivity contribution in [1.82, 2.24) is 5.32 Å². The molecule has 0 aliphatic carbocycles. The Morgan fingerprint density at radius 2 is 1.46 bits per heavy atom. The summed E-state index contributed by atoms with van der Waals surface area (Å²) in [7, 11) is -2.09. The Kier molecular flexibility index (Phi) is 12.7. The number of nitrogens with one attached hydrogen (secondary N) is 1. The predicted molar refractivity (Wildman–Crippen MR) is 188 cm³/mol. The lowest BCUT2D eigenvalue weighted by Crippen LogP contribution is -2.47. The fourth-order valence-corrected chi connectivity index (χ4v) is 6.96. The molecule has 3 N–H and O–H groups in total. The van der Waals surface area contributed by atoms with Crippen LogP contribution in [-0.2, 0) is 16.7 Å². The van der Waals surface area contributed by atoms with E-state index in [0.717, 1.165) is 60.8 Å². The molecule has 258 valence electrons. The highest BCUT2D eigenvalue weighted by Crippen LogP contribution is 2.30. The highest BCUT2D eigenvalue weighted by Gasteiger charge is 2.26. The van der Waals surface area contributed by atoms with E-state index in [0.29, 0.717) is 51.9 Å². The largest absolute Gasteiger partial charge is 0.748 e. The maximum absolute atomic E-state index is 14.0. The minimum atomic E-state index is -4.36. The summed E-state index contributed by atoms with van der Waals surface area (Å²) >= 11 is 0. The van der Waals surface area contributed by atoms with E-state index in [4.69, 9.17) is 10.5 Å². The van der Waals surface area contributed by atoms with E-state index >= 15 is 0 Å². The van der Waals surface area contributed by atoms with Crippen molar-refractivity contribution in [2.24, 2.45) is 5.73 Å². The first-order valence-electron chi connectivity index (χ1n) is 16.8. The van der Waals surface area contributed by atoms with E-state index in [1.165, 1.54) is 0 Å². The summed E-state index contributed by atoms with van der Waals surface area (Å²) < 4.78 is 42.8. The van der Waals surface area contributed by atoms with Crippen molar-refractivity contribution in [3.63, 3.8) is 0 Å². The van der Waals surface area contributed by atoms with Crippen molar-refractivity contribution >= 4 is 43.8 Å². The number of fused-ring (bicyclic) bond motifs is 2. The molecule has 4 aromatic rings. The molecule has 11 heteroatoms. The van der Waals surface area contributed by atoms with Gasteiger partial charge in [0.05, 0.1) is 53.1 Å². The fraction of sp³-hybridized carbons (Fsp3) is 0.432. The SMILES string of the molecule is CCCC[N+](C)(CCCN)CCCNC(=O)c1cc(C)c(OC(=O)c2c3ccccc3[n+](CCCS(=O)(=O)[O-])c3ccccc23)c(C)c1. The molecule has 1 heterocycles. The first-order valence-corrected chi connectivity index (χ1v) is 18.4. The molecule has 1 aromatic heterocycles. The number of aromatic nitrogens is 1. The Labute approximate surface area is 284 Å². The number of hydrogen-bond donors (Lipinski definition) is 2. The molecule has 0 radical (unpaired) electrons. The van der Waals surface area contributed by atoms with Gasteiger partial charge < -0.3 is 24.8 Å². The van der Waals surface area contributed by atoms with Gasteiger partial charge in [0.25, 0.3) is 5.91 Å². The third kappa shape index (κ3) is 9.37. The summed E-state index contributed by atoms with van der Waals surface area (Å²) in [5.41, 5.74) is 9.42. The third-order valence-electron chi connectivity index (χ3n) is 8.94. The third-order valence-corrected chi connectivity index (χ3v) is 9.73. The summed E-state index contributed by atoms with van der Waals surface area (Å²) in [6.07, 6.45) is 4.30. The Morgan fingerprint density at radius 3 is 2.02 bits per heavy atom. The number of benzene rings is 3. The predicted octanol–water partition coefficient (Wildman–Crippen LogP) is 4.77. The van der Waals surface area contributed by atoms with Crippen molar-refractivity contribution in [3.8, 4) is 5.75 Å². The molecule has 1 atom stereocenters. The van der Waals surface area contributed by atoms with E-state index < -0.39 is 21.8 Å². The Bertz CT molecular complexity index is 1790. The summed E-state index contributed by atoms with van der Waals surface area (Å²) in [5.74, 6) is -0.797. The van der Waals surface area contributed by atoms with Gasteiger partial charge in [0.2, 0.25) is 11.0 Å². The quantitative estimate of drug-likeness (QED) is 0.0312. The molecule has 10 nitrogen and oxygen atoms in total. The lowest BCUT2D eigenvalue weighted by atomic mass is 10.0. The maximum Gasteiger partial charge on any atom is 0.345 e. The number of pyridine rings is 1. The number of carbonyl (C=O) groups excluding carboxylic acids is 2. The molecular formula is C37H49N4O6S+. The van der Waals surface area contributed by atoms with Gasteiger partial charge in [-0.2, -0.15) is 4.57 Å². The summed E-state index contributed by atoms with van der Waals surface area (Å²) in [6, 6.07) is 18.2. The summed E-state index contributed by atoms with van der Waals surface area (Å²) in [5, 5.41) is 4.34. The number of rotatable bonds is 17. The second kappa shape index (κ2) is 16.5. The molecule has 48 heavy (non-hydrogen) atoms. The number of unbranched alkanes of at least 4 members (excludes halogenated alkanes) is 1.